The molecule has 0 amide bonds. The number of carbonyl (C=O) groups is 1. The molecule has 33 heavy (non-hydrogen) atoms. The van der Waals surface area contributed by atoms with E-state index in [4.69, 9.17) is 4.74 Å². The molecule has 6 nitrogen and oxygen atoms in total. The molecule has 0 aliphatic rings. The molecule has 0 atom stereocenters. The summed E-state index contributed by atoms with van der Waals surface area (Å²) in [6.07, 6.45) is 0. The van der Waals surface area contributed by atoms with Gasteiger partial charge >= 0.3 is 5.97 Å². The predicted molar refractivity (Wildman–Crippen MR) is 127 cm³/mol. The van der Waals surface area contributed by atoms with Crippen molar-refractivity contribution in [1.29, 1.82) is 0 Å². The Labute approximate surface area is 190 Å². The molecule has 0 saturated carbocycles. The van der Waals surface area contributed by atoms with Crippen molar-refractivity contribution in [3.8, 4) is 39.9 Å². The van der Waals surface area contributed by atoms with E-state index in [0.717, 1.165) is 16.3 Å². The van der Waals surface area contributed by atoms with Gasteiger partial charge in [0.2, 0.25) is 0 Å². The first-order chi connectivity index (χ1) is 16.1. The van der Waals surface area contributed by atoms with Crippen molar-refractivity contribution >= 4 is 16.7 Å². The number of hydrogen-bond acceptors (Lipinski definition) is 6. The number of phenolic OH excluding ortho intramolecular Hbond substituents is 1. The number of nitrogens with zero attached hydrogens (tertiary/aromatic N) is 3. The normalized spacial score (nSPS) is 10.8. The van der Waals surface area contributed by atoms with Crippen molar-refractivity contribution in [3.63, 3.8) is 0 Å². The lowest BCUT2D eigenvalue weighted by molar-refractivity contribution is 0.0600. The van der Waals surface area contributed by atoms with Crippen molar-refractivity contribution in [2.75, 3.05) is 7.11 Å². The average Bonchev–Trinajstić information content (AvgIpc) is 2.89. The van der Waals surface area contributed by atoms with Crippen LogP contribution in [-0.2, 0) is 4.74 Å². The number of ether oxygens (including phenoxy) is 1. The van der Waals surface area contributed by atoms with Crippen LogP contribution in [-0.4, -0.2) is 33.1 Å². The summed E-state index contributed by atoms with van der Waals surface area (Å²) >= 11 is 0. The van der Waals surface area contributed by atoms with E-state index in [1.807, 2.05) is 66.7 Å². The summed E-state index contributed by atoms with van der Waals surface area (Å²) < 4.78 is 4.78. The summed E-state index contributed by atoms with van der Waals surface area (Å²) in [6.45, 7) is 0. The van der Waals surface area contributed by atoms with Crippen molar-refractivity contribution in [3.05, 3.63) is 96.6 Å². The summed E-state index contributed by atoms with van der Waals surface area (Å²) in [5.41, 5.74) is 2.49. The third kappa shape index (κ3) is 3.90. The van der Waals surface area contributed by atoms with Crippen molar-refractivity contribution in [1.82, 2.24) is 15.0 Å². The minimum atomic E-state index is -0.413. The van der Waals surface area contributed by atoms with Crippen molar-refractivity contribution < 1.29 is 14.6 Å². The van der Waals surface area contributed by atoms with Gasteiger partial charge in [0.1, 0.15) is 5.75 Å². The number of aromatic hydroxyl groups is 1. The molecule has 0 aliphatic carbocycles. The van der Waals surface area contributed by atoms with Crippen LogP contribution >= 0.6 is 0 Å². The van der Waals surface area contributed by atoms with Gasteiger partial charge in [-0.3, -0.25) is 0 Å². The standard InChI is InChI=1S/C27H19N3O3/c1-33-27(32)20-13-11-19(12-14-20)25-28-24(18-8-3-2-4-9-18)29-26(30-25)22-16-15-17-7-5-6-10-21(17)23(22)31/h2-16,31H,1H3. The van der Waals surface area contributed by atoms with Crippen LogP contribution in [0.5, 0.6) is 5.75 Å². The monoisotopic (exact) mass is 433 g/mol. The van der Waals surface area contributed by atoms with Crippen LogP contribution in [0, 0.1) is 0 Å². The number of rotatable bonds is 4. The maximum atomic E-state index is 11.8. The minimum Gasteiger partial charge on any atom is -0.507 e. The van der Waals surface area contributed by atoms with Crippen LogP contribution in [0.2, 0.25) is 0 Å². The zero-order valence-electron chi connectivity index (χ0n) is 17.8. The second kappa shape index (κ2) is 8.51. The first kappa shape index (κ1) is 20.3. The lowest BCUT2D eigenvalue weighted by atomic mass is 10.0. The van der Waals surface area contributed by atoms with Gasteiger partial charge in [-0.05, 0) is 23.6 Å². The second-order valence-corrected chi connectivity index (χ2v) is 7.42. The fraction of sp³-hybridized carbons (Fsp3) is 0.0370. The maximum absolute atomic E-state index is 11.8. The van der Waals surface area contributed by atoms with E-state index in [1.54, 1.807) is 24.3 Å². The Morgan fingerprint density at radius 1 is 0.697 bits per heavy atom. The van der Waals surface area contributed by atoms with Crippen LogP contribution in [0.4, 0.5) is 0 Å². The molecule has 6 heteroatoms. The summed E-state index contributed by atoms with van der Waals surface area (Å²) in [5, 5.41) is 12.6. The number of esters is 1. The third-order valence-electron chi connectivity index (χ3n) is 5.37. The van der Waals surface area contributed by atoms with Crippen LogP contribution in [0.15, 0.2) is 91.0 Å². The molecule has 0 saturated heterocycles. The molecule has 1 aromatic heterocycles. The molecule has 5 rings (SSSR count). The summed E-state index contributed by atoms with van der Waals surface area (Å²) in [5.74, 6) is 0.983. The fourth-order valence-corrected chi connectivity index (χ4v) is 3.65. The zero-order valence-corrected chi connectivity index (χ0v) is 17.8. The Morgan fingerprint density at radius 3 is 2.00 bits per heavy atom. The summed E-state index contributed by atoms with van der Waals surface area (Å²) in [6, 6.07) is 27.8. The lowest BCUT2D eigenvalue weighted by Crippen LogP contribution is -2.02. The van der Waals surface area contributed by atoms with Crippen LogP contribution in [0.3, 0.4) is 0 Å². The number of fused-ring (bicyclic) bond motifs is 1. The second-order valence-electron chi connectivity index (χ2n) is 7.42. The molecule has 0 unspecified atom stereocenters. The fourth-order valence-electron chi connectivity index (χ4n) is 3.65. The molecule has 4 aromatic carbocycles. The van der Waals surface area contributed by atoms with E-state index < -0.39 is 5.97 Å². The summed E-state index contributed by atoms with van der Waals surface area (Å²) in [7, 11) is 1.34. The van der Waals surface area contributed by atoms with Crippen LogP contribution in [0.1, 0.15) is 10.4 Å². The highest BCUT2D eigenvalue weighted by molar-refractivity contribution is 5.94. The van der Waals surface area contributed by atoms with Crippen molar-refractivity contribution in [2.45, 2.75) is 0 Å². The zero-order chi connectivity index (χ0) is 22.8. The molecule has 0 aliphatic heterocycles. The Hall–Kier alpha value is -4.58. The Morgan fingerprint density at radius 2 is 1.30 bits per heavy atom. The highest BCUT2D eigenvalue weighted by Crippen LogP contribution is 2.35. The van der Waals surface area contributed by atoms with E-state index in [0.29, 0.717) is 34.2 Å². The molecule has 0 spiro atoms. The largest absolute Gasteiger partial charge is 0.507 e. The minimum absolute atomic E-state index is 0.116. The molecule has 5 aromatic rings. The highest BCUT2D eigenvalue weighted by Gasteiger charge is 2.16. The Bertz CT molecular complexity index is 1470. The average molecular weight is 433 g/mol. The quantitative estimate of drug-likeness (QED) is 0.376. The number of methoxy groups -OCH3 is 1. The van der Waals surface area contributed by atoms with E-state index >= 15 is 0 Å². The predicted octanol–water partition coefficient (Wildman–Crippen LogP) is 5.52. The number of aromatic nitrogens is 3. The van der Waals surface area contributed by atoms with E-state index in [1.165, 1.54) is 7.11 Å². The van der Waals surface area contributed by atoms with Crippen LogP contribution < -0.4 is 0 Å². The molecular weight excluding hydrogens is 414 g/mol. The Balaban J connectivity index is 1.69. The first-order valence-corrected chi connectivity index (χ1v) is 10.4. The summed E-state index contributed by atoms with van der Waals surface area (Å²) in [4.78, 5) is 25.8. The van der Waals surface area contributed by atoms with Crippen LogP contribution in [0.25, 0.3) is 44.9 Å². The highest BCUT2D eigenvalue weighted by atomic mass is 16.5. The molecular formula is C27H19N3O3. The molecule has 1 N–H and O–H groups in total. The van der Waals surface area contributed by atoms with Crippen molar-refractivity contribution in [2.24, 2.45) is 0 Å². The third-order valence-corrected chi connectivity index (χ3v) is 5.37. The number of hydrogen-bond donors (Lipinski definition) is 1. The van der Waals surface area contributed by atoms with Gasteiger partial charge in [-0.25, -0.2) is 19.7 Å². The van der Waals surface area contributed by atoms with Gasteiger partial charge in [0, 0.05) is 16.5 Å². The van der Waals surface area contributed by atoms with E-state index in [9.17, 15) is 9.90 Å². The van der Waals surface area contributed by atoms with E-state index in [2.05, 4.69) is 15.0 Å². The van der Waals surface area contributed by atoms with E-state index in [-0.39, 0.29) is 5.75 Å². The molecule has 1 heterocycles. The number of phenols is 1. The number of carbonyl (C=O) groups excluding carboxylic acids is 1. The molecule has 160 valence electrons. The maximum Gasteiger partial charge on any atom is 0.337 e. The van der Waals surface area contributed by atoms with Gasteiger partial charge in [-0.2, -0.15) is 0 Å². The van der Waals surface area contributed by atoms with Gasteiger partial charge in [-0.1, -0.05) is 72.8 Å². The lowest BCUT2D eigenvalue weighted by Gasteiger charge is -2.11. The molecule has 0 radical (unpaired) electrons. The van der Waals surface area contributed by atoms with Gasteiger partial charge in [-0.15, -0.1) is 0 Å². The SMILES string of the molecule is COC(=O)c1ccc(-c2nc(-c3ccccc3)nc(-c3ccc4ccccc4c3O)n2)cc1. The number of benzene rings is 4. The van der Waals surface area contributed by atoms with Gasteiger partial charge in [0.25, 0.3) is 0 Å². The smallest absolute Gasteiger partial charge is 0.337 e. The van der Waals surface area contributed by atoms with Gasteiger partial charge in [0.15, 0.2) is 17.5 Å². The molecule has 0 fully saturated rings. The van der Waals surface area contributed by atoms with Gasteiger partial charge < -0.3 is 9.84 Å². The topological polar surface area (TPSA) is 85.2 Å². The first-order valence-electron chi connectivity index (χ1n) is 10.4. The van der Waals surface area contributed by atoms with Gasteiger partial charge in [0.05, 0.1) is 18.2 Å². The molecule has 0 bridgehead atoms. The Kier molecular flexibility index (Phi) is 5.24.